The summed E-state index contributed by atoms with van der Waals surface area (Å²) in [4.78, 5) is 30.5. The Balaban J connectivity index is 2.07. The maximum Gasteiger partial charge on any atom is 0.280 e. The second kappa shape index (κ2) is 6.16. The van der Waals surface area contributed by atoms with Crippen molar-refractivity contribution in [2.75, 3.05) is 0 Å². The number of rotatable bonds is 3. The first-order valence-corrected chi connectivity index (χ1v) is 7.00. The topological polar surface area (TPSA) is 104 Å². The summed E-state index contributed by atoms with van der Waals surface area (Å²) in [5.41, 5.74) is 2.54. The standard InChI is InChI=1S/C17H11N5O2/c1-11-16(13-4-2-12(8-18)3-5-13)17(24)22(21-11)15-7-6-14(9-19-15)20-10-23/h2-7,9,21H,1H3. The van der Waals surface area contributed by atoms with E-state index in [0.717, 1.165) is 0 Å². The lowest BCUT2D eigenvalue weighted by atomic mass is 10.1. The molecule has 0 spiro atoms. The van der Waals surface area contributed by atoms with Gasteiger partial charge in [0.25, 0.3) is 5.56 Å². The average molecular weight is 317 g/mol. The van der Waals surface area contributed by atoms with Crippen molar-refractivity contribution in [2.24, 2.45) is 4.99 Å². The number of aromatic amines is 1. The van der Waals surface area contributed by atoms with Gasteiger partial charge in [-0.15, -0.1) is 0 Å². The Labute approximate surface area is 136 Å². The Hall–Kier alpha value is -3.75. The molecule has 0 aliphatic heterocycles. The molecule has 0 atom stereocenters. The molecule has 0 fully saturated rings. The van der Waals surface area contributed by atoms with Gasteiger partial charge in [0.1, 0.15) is 0 Å². The maximum atomic E-state index is 12.7. The monoisotopic (exact) mass is 317 g/mol. The first-order chi connectivity index (χ1) is 11.6. The van der Waals surface area contributed by atoms with Crippen molar-refractivity contribution in [1.82, 2.24) is 14.8 Å². The van der Waals surface area contributed by atoms with Crippen molar-refractivity contribution < 1.29 is 4.79 Å². The van der Waals surface area contributed by atoms with Gasteiger partial charge in [-0.05, 0) is 36.8 Å². The summed E-state index contributed by atoms with van der Waals surface area (Å²) in [6.07, 6.45) is 2.81. The van der Waals surface area contributed by atoms with Crippen molar-refractivity contribution >= 4 is 11.8 Å². The van der Waals surface area contributed by atoms with E-state index in [1.165, 1.54) is 17.0 Å². The van der Waals surface area contributed by atoms with Crippen LogP contribution in [0.5, 0.6) is 0 Å². The first kappa shape index (κ1) is 15.2. The average Bonchev–Trinajstić information content (AvgIpc) is 2.90. The highest BCUT2D eigenvalue weighted by molar-refractivity contribution is 5.66. The van der Waals surface area contributed by atoms with E-state index in [4.69, 9.17) is 5.26 Å². The van der Waals surface area contributed by atoms with E-state index in [1.807, 2.05) is 6.07 Å². The van der Waals surface area contributed by atoms with Crippen LogP contribution in [-0.2, 0) is 4.79 Å². The van der Waals surface area contributed by atoms with Gasteiger partial charge in [-0.2, -0.15) is 10.3 Å². The molecule has 0 amide bonds. The van der Waals surface area contributed by atoms with Crippen LogP contribution in [0.2, 0.25) is 0 Å². The van der Waals surface area contributed by atoms with Gasteiger partial charge >= 0.3 is 0 Å². The maximum absolute atomic E-state index is 12.7. The van der Waals surface area contributed by atoms with Crippen LogP contribution in [0.3, 0.4) is 0 Å². The van der Waals surface area contributed by atoms with Crippen LogP contribution in [0.4, 0.5) is 5.69 Å². The van der Waals surface area contributed by atoms with Crippen LogP contribution in [0.1, 0.15) is 11.3 Å². The third-order valence-electron chi connectivity index (χ3n) is 3.51. The van der Waals surface area contributed by atoms with E-state index < -0.39 is 0 Å². The second-order valence-electron chi connectivity index (χ2n) is 5.02. The number of hydrogen-bond acceptors (Lipinski definition) is 5. The zero-order chi connectivity index (χ0) is 17.1. The van der Waals surface area contributed by atoms with Gasteiger partial charge in [0.05, 0.1) is 29.1 Å². The van der Waals surface area contributed by atoms with Crippen LogP contribution >= 0.6 is 0 Å². The molecular weight excluding hydrogens is 306 g/mol. The normalized spacial score (nSPS) is 10.0. The minimum Gasteiger partial charge on any atom is -0.293 e. The van der Waals surface area contributed by atoms with Crippen molar-refractivity contribution in [2.45, 2.75) is 6.92 Å². The third kappa shape index (κ3) is 2.65. The Morgan fingerprint density at radius 2 is 1.96 bits per heavy atom. The predicted molar refractivity (Wildman–Crippen MR) is 86.9 cm³/mol. The molecule has 7 nitrogen and oxygen atoms in total. The number of nitrogens with zero attached hydrogens (tertiary/aromatic N) is 4. The summed E-state index contributed by atoms with van der Waals surface area (Å²) in [7, 11) is 0. The van der Waals surface area contributed by atoms with E-state index in [2.05, 4.69) is 15.1 Å². The van der Waals surface area contributed by atoms with Gasteiger partial charge in [-0.3, -0.25) is 9.89 Å². The highest BCUT2D eigenvalue weighted by atomic mass is 16.1. The number of aromatic nitrogens is 3. The second-order valence-corrected chi connectivity index (χ2v) is 5.02. The van der Waals surface area contributed by atoms with Gasteiger partial charge in [-0.25, -0.2) is 14.5 Å². The lowest BCUT2D eigenvalue weighted by Crippen LogP contribution is -2.16. The van der Waals surface area contributed by atoms with Crippen LogP contribution < -0.4 is 5.56 Å². The molecule has 0 aliphatic carbocycles. The van der Waals surface area contributed by atoms with Crippen LogP contribution in [0, 0.1) is 18.3 Å². The summed E-state index contributed by atoms with van der Waals surface area (Å²) in [5, 5.41) is 11.8. The highest BCUT2D eigenvalue weighted by Crippen LogP contribution is 2.20. The van der Waals surface area contributed by atoms with Gasteiger partial charge in [-0.1, -0.05) is 12.1 Å². The number of isocyanates is 1. The van der Waals surface area contributed by atoms with E-state index in [0.29, 0.717) is 33.9 Å². The van der Waals surface area contributed by atoms with E-state index in [-0.39, 0.29) is 5.56 Å². The van der Waals surface area contributed by atoms with Crippen LogP contribution in [0.15, 0.2) is 52.4 Å². The number of carbonyl (C=O) groups excluding carboxylic acids is 1. The fourth-order valence-electron chi connectivity index (χ4n) is 2.39. The van der Waals surface area contributed by atoms with E-state index in [1.54, 1.807) is 43.3 Å². The molecule has 3 rings (SSSR count). The Kier molecular flexibility index (Phi) is 3.89. The van der Waals surface area contributed by atoms with Crippen molar-refractivity contribution in [3.8, 4) is 23.0 Å². The van der Waals surface area contributed by atoms with Gasteiger partial charge < -0.3 is 0 Å². The van der Waals surface area contributed by atoms with Gasteiger partial charge in [0.2, 0.25) is 6.08 Å². The molecule has 0 saturated carbocycles. The zero-order valence-electron chi connectivity index (χ0n) is 12.6. The lowest BCUT2D eigenvalue weighted by Gasteiger charge is -2.00. The number of nitriles is 1. The summed E-state index contributed by atoms with van der Waals surface area (Å²) >= 11 is 0. The summed E-state index contributed by atoms with van der Waals surface area (Å²) in [5.74, 6) is 0.382. The number of nitrogens with one attached hydrogen (secondary N) is 1. The quantitative estimate of drug-likeness (QED) is 0.591. The van der Waals surface area contributed by atoms with Gasteiger partial charge in [0, 0.05) is 5.69 Å². The fourth-order valence-corrected chi connectivity index (χ4v) is 2.39. The molecule has 1 N–H and O–H groups in total. The molecule has 24 heavy (non-hydrogen) atoms. The summed E-state index contributed by atoms with van der Waals surface area (Å²) in [6.45, 7) is 1.79. The molecule has 0 bridgehead atoms. The molecular formula is C17H11N5O2. The first-order valence-electron chi connectivity index (χ1n) is 7.00. The molecule has 2 heterocycles. The number of H-pyrrole nitrogens is 1. The van der Waals surface area contributed by atoms with Gasteiger partial charge in [0.15, 0.2) is 5.82 Å². The summed E-state index contributed by atoms with van der Waals surface area (Å²) < 4.78 is 1.32. The minimum atomic E-state index is -0.253. The van der Waals surface area contributed by atoms with Crippen molar-refractivity contribution in [3.63, 3.8) is 0 Å². The smallest absolute Gasteiger partial charge is 0.280 e. The Morgan fingerprint density at radius 3 is 2.54 bits per heavy atom. The molecule has 116 valence electrons. The predicted octanol–water partition coefficient (Wildman–Crippen LogP) is 2.38. The van der Waals surface area contributed by atoms with Crippen molar-refractivity contribution in [1.29, 1.82) is 5.26 Å². The number of benzene rings is 1. The fraction of sp³-hybridized carbons (Fsp3) is 0.0588. The molecule has 1 aromatic carbocycles. The number of aryl methyl sites for hydroxylation is 1. The third-order valence-corrected chi connectivity index (χ3v) is 3.51. The van der Waals surface area contributed by atoms with E-state index >= 15 is 0 Å². The molecule has 0 radical (unpaired) electrons. The lowest BCUT2D eigenvalue weighted by molar-refractivity contribution is 0.565. The molecule has 0 saturated heterocycles. The van der Waals surface area contributed by atoms with Crippen molar-refractivity contribution in [3.05, 3.63) is 64.2 Å². The SMILES string of the molecule is Cc1[nH]n(-c2ccc(N=C=O)cn2)c(=O)c1-c1ccc(C#N)cc1. The minimum absolute atomic E-state index is 0.253. The molecule has 7 heteroatoms. The largest absolute Gasteiger partial charge is 0.293 e. The molecule has 3 aromatic rings. The Bertz CT molecular complexity index is 1030. The summed E-state index contributed by atoms with van der Waals surface area (Å²) in [6, 6.07) is 12.0. The highest BCUT2D eigenvalue weighted by Gasteiger charge is 2.15. The molecule has 0 unspecified atom stereocenters. The zero-order valence-corrected chi connectivity index (χ0v) is 12.6. The Morgan fingerprint density at radius 1 is 1.21 bits per heavy atom. The van der Waals surface area contributed by atoms with Crippen LogP contribution in [-0.4, -0.2) is 20.8 Å². The number of aliphatic imine (C=N–C) groups is 1. The number of hydrogen-bond donors (Lipinski definition) is 1. The van der Waals surface area contributed by atoms with E-state index in [9.17, 15) is 9.59 Å². The molecule has 0 aliphatic rings. The van der Waals surface area contributed by atoms with Crippen LogP contribution in [0.25, 0.3) is 16.9 Å². The number of pyridine rings is 1. The molecule has 2 aromatic heterocycles.